The fourth-order valence-electron chi connectivity index (χ4n) is 1.92. The Morgan fingerprint density at radius 2 is 2.33 bits per heavy atom. The first-order valence-electron chi connectivity index (χ1n) is 5.08. The highest BCUT2D eigenvalue weighted by Gasteiger charge is 2.19. The zero-order valence-corrected chi connectivity index (χ0v) is 9.82. The summed E-state index contributed by atoms with van der Waals surface area (Å²) >= 11 is 1.86. The quantitative estimate of drug-likeness (QED) is 0.786. The van der Waals surface area contributed by atoms with E-state index in [1.54, 1.807) is 0 Å². The summed E-state index contributed by atoms with van der Waals surface area (Å²) in [6.45, 7) is 4.25. The Labute approximate surface area is 94.7 Å². The van der Waals surface area contributed by atoms with E-state index in [0.29, 0.717) is 12.5 Å². The molecule has 0 saturated heterocycles. The molecule has 0 spiro atoms. The summed E-state index contributed by atoms with van der Waals surface area (Å²) in [5.41, 5.74) is 3.80. The van der Waals surface area contributed by atoms with Crippen LogP contribution in [0.25, 0.3) is 0 Å². The number of nitrogens with one attached hydrogen (secondary N) is 1. The van der Waals surface area contributed by atoms with E-state index >= 15 is 0 Å². The maximum atomic E-state index is 8.68. The predicted molar refractivity (Wildman–Crippen MR) is 64.3 cm³/mol. The molecule has 1 N–H and O–H groups in total. The molecule has 0 bridgehead atoms. The lowest BCUT2D eigenvalue weighted by Crippen LogP contribution is -2.25. The van der Waals surface area contributed by atoms with Gasteiger partial charge >= 0.3 is 0 Å². The summed E-state index contributed by atoms with van der Waals surface area (Å²) in [6, 6.07) is 6.89. The number of nitriles is 1. The van der Waals surface area contributed by atoms with Crippen LogP contribution in [0.3, 0.4) is 0 Å². The van der Waals surface area contributed by atoms with E-state index in [-0.39, 0.29) is 0 Å². The molecule has 3 heteroatoms. The molecule has 1 unspecified atom stereocenters. The summed E-state index contributed by atoms with van der Waals surface area (Å²) in [5, 5.41) is 12.1. The number of rotatable bonds is 1. The molecule has 15 heavy (non-hydrogen) atoms. The Morgan fingerprint density at radius 3 is 3.07 bits per heavy atom. The molecule has 1 atom stereocenters. The zero-order chi connectivity index (χ0) is 10.8. The number of aryl methyl sites for hydroxylation is 2. The molecule has 1 aliphatic rings. The van der Waals surface area contributed by atoms with Crippen LogP contribution in [-0.4, -0.2) is 11.8 Å². The topological polar surface area (TPSA) is 35.8 Å². The van der Waals surface area contributed by atoms with Crippen LogP contribution in [0.2, 0.25) is 0 Å². The number of nitrogens with zero attached hydrogens (tertiary/aromatic N) is 1. The Kier molecular flexibility index (Phi) is 2.88. The molecular formula is C12H14N2S. The van der Waals surface area contributed by atoms with Gasteiger partial charge in [0.25, 0.3) is 0 Å². The minimum Gasteiger partial charge on any atom is -0.380 e. The standard InChI is InChI=1S/C12H14N2S/c1-8-5-9(2)12-11(6-8)14-10(3-4-13)7-15-12/h5-6,10,14H,3,7H2,1-2H3. The van der Waals surface area contributed by atoms with Crippen molar-refractivity contribution in [3.05, 3.63) is 23.3 Å². The maximum absolute atomic E-state index is 8.68. The van der Waals surface area contributed by atoms with Crippen LogP contribution in [-0.2, 0) is 0 Å². The van der Waals surface area contributed by atoms with E-state index in [9.17, 15) is 0 Å². The number of hydrogen-bond acceptors (Lipinski definition) is 3. The highest BCUT2D eigenvalue weighted by Crippen LogP contribution is 2.37. The molecule has 2 rings (SSSR count). The fraction of sp³-hybridized carbons (Fsp3) is 0.417. The molecule has 78 valence electrons. The fourth-order valence-corrected chi connectivity index (χ4v) is 3.05. The average molecular weight is 218 g/mol. The second-order valence-corrected chi connectivity index (χ2v) is 5.00. The molecule has 0 aliphatic carbocycles. The summed E-state index contributed by atoms with van der Waals surface area (Å²) in [4.78, 5) is 1.34. The minimum absolute atomic E-state index is 0.300. The van der Waals surface area contributed by atoms with Gasteiger partial charge in [0.1, 0.15) is 0 Å². The van der Waals surface area contributed by atoms with Crippen molar-refractivity contribution in [1.82, 2.24) is 0 Å². The second-order valence-electron chi connectivity index (χ2n) is 3.97. The van der Waals surface area contributed by atoms with Crippen LogP contribution in [0.4, 0.5) is 5.69 Å². The number of hydrogen-bond donors (Lipinski definition) is 1. The number of anilines is 1. The Hall–Kier alpha value is -1.14. The van der Waals surface area contributed by atoms with E-state index in [1.165, 1.54) is 21.7 Å². The Morgan fingerprint density at radius 1 is 1.53 bits per heavy atom. The van der Waals surface area contributed by atoms with Gasteiger partial charge in [0.05, 0.1) is 12.5 Å². The van der Waals surface area contributed by atoms with E-state index in [4.69, 9.17) is 5.26 Å². The largest absolute Gasteiger partial charge is 0.380 e. The first-order chi connectivity index (χ1) is 7.20. The minimum atomic E-state index is 0.300. The van der Waals surface area contributed by atoms with Crippen molar-refractivity contribution in [3.8, 4) is 6.07 Å². The van der Waals surface area contributed by atoms with Gasteiger partial charge in [-0.1, -0.05) is 6.07 Å². The third-order valence-corrected chi connectivity index (χ3v) is 3.94. The van der Waals surface area contributed by atoms with Gasteiger partial charge in [-0.2, -0.15) is 5.26 Å². The van der Waals surface area contributed by atoms with E-state index in [2.05, 4.69) is 37.4 Å². The Bertz CT molecular complexity index is 420. The first-order valence-corrected chi connectivity index (χ1v) is 6.07. The zero-order valence-electron chi connectivity index (χ0n) is 9.00. The normalized spacial score (nSPS) is 18.9. The average Bonchev–Trinajstić information content (AvgIpc) is 2.17. The monoisotopic (exact) mass is 218 g/mol. The van der Waals surface area contributed by atoms with Crippen molar-refractivity contribution < 1.29 is 0 Å². The molecule has 1 aromatic carbocycles. The summed E-state index contributed by atoms with van der Waals surface area (Å²) in [7, 11) is 0. The van der Waals surface area contributed by atoms with Gasteiger partial charge in [-0.3, -0.25) is 0 Å². The summed E-state index contributed by atoms with van der Waals surface area (Å²) < 4.78 is 0. The Balaban J connectivity index is 2.30. The lowest BCUT2D eigenvalue weighted by atomic mass is 10.1. The van der Waals surface area contributed by atoms with Crippen molar-refractivity contribution in [3.63, 3.8) is 0 Å². The second kappa shape index (κ2) is 4.16. The van der Waals surface area contributed by atoms with Crippen molar-refractivity contribution in [2.24, 2.45) is 0 Å². The molecular weight excluding hydrogens is 204 g/mol. The highest BCUT2D eigenvalue weighted by molar-refractivity contribution is 7.99. The molecule has 1 heterocycles. The third kappa shape index (κ3) is 2.10. The smallest absolute Gasteiger partial charge is 0.0643 e. The van der Waals surface area contributed by atoms with Gasteiger partial charge in [-0.25, -0.2) is 0 Å². The lowest BCUT2D eigenvalue weighted by Gasteiger charge is -2.26. The van der Waals surface area contributed by atoms with Crippen LogP contribution < -0.4 is 5.32 Å². The van der Waals surface area contributed by atoms with Gasteiger partial charge in [0.15, 0.2) is 0 Å². The maximum Gasteiger partial charge on any atom is 0.0643 e. The molecule has 0 aromatic heterocycles. The number of fused-ring (bicyclic) bond motifs is 1. The van der Waals surface area contributed by atoms with Crippen molar-refractivity contribution in [2.45, 2.75) is 31.2 Å². The van der Waals surface area contributed by atoms with Crippen molar-refractivity contribution >= 4 is 17.4 Å². The molecule has 0 amide bonds. The molecule has 0 fully saturated rings. The lowest BCUT2D eigenvalue weighted by molar-refractivity contribution is 0.818. The van der Waals surface area contributed by atoms with E-state index in [0.717, 1.165) is 5.75 Å². The third-order valence-electron chi connectivity index (χ3n) is 2.55. The predicted octanol–water partition coefficient (Wildman–Crippen LogP) is 3.10. The van der Waals surface area contributed by atoms with Gasteiger partial charge < -0.3 is 5.32 Å². The molecule has 1 aromatic rings. The number of thioether (sulfide) groups is 1. The van der Waals surface area contributed by atoms with E-state index < -0.39 is 0 Å². The highest BCUT2D eigenvalue weighted by atomic mass is 32.2. The molecule has 1 aliphatic heterocycles. The van der Waals surface area contributed by atoms with Crippen LogP contribution in [0.5, 0.6) is 0 Å². The van der Waals surface area contributed by atoms with Gasteiger partial charge in [0, 0.05) is 22.4 Å². The van der Waals surface area contributed by atoms with Crippen LogP contribution >= 0.6 is 11.8 Å². The van der Waals surface area contributed by atoms with Crippen LogP contribution in [0.1, 0.15) is 17.5 Å². The summed E-state index contributed by atoms with van der Waals surface area (Å²) in [6.07, 6.45) is 0.583. The summed E-state index contributed by atoms with van der Waals surface area (Å²) in [5.74, 6) is 0.991. The molecule has 0 radical (unpaired) electrons. The molecule has 0 saturated carbocycles. The van der Waals surface area contributed by atoms with Crippen molar-refractivity contribution in [2.75, 3.05) is 11.1 Å². The first kappa shape index (κ1) is 10.4. The van der Waals surface area contributed by atoms with Gasteiger partial charge in [-0.15, -0.1) is 11.8 Å². The molecule has 2 nitrogen and oxygen atoms in total. The van der Waals surface area contributed by atoms with Crippen LogP contribution in [0.15, 0.2) is 17.0 Å². The van der Waals surface area contributed by atoms with E-state index in [1.807, 2.05) is 11.8 Å². The van der Waals surface area contributed by atoms with Gasteiger partial charge in [-0.05, 0) is 31.0 Å². The van der Waals surface area contributed by atoms with Crippen LogP contribution in [0, 0.1) is 25.2 Å². The number of benzene rings is 1. The SMILES string of the molecule is Cc1cc(C)c2c(c1)NC(CC#N)CS2. The van der Waals surface area contributed by atoms with Crippen molar-refractivity contribution in [1.29, 1.82) is 5.26 Å². The van der Waals surface area contributed by atoms with Gasteiger partial charge in [0.2, 0.25) is 0 Å².